The lowest BCUT2D eigenvalue weighted by Gasteiger charge is -2.30. The van der Waals surface area contributed by atoms with Gasteiger partial charge in [-0.2, -0.15) is 4.31 Å². The van der Waals surface area contributed by atoms with Crippen molar-refractivity contribution in [3.8, 4) is 0 Å². The zero-order valence-electron chi connectivity index (χ0n) is 10.8. The first-order valence-corrected chi connectivity index (χ1v) is 7.89. The molecule has 0 aromatic carbocycles. The molecule has 0 aromatic heterocycles. The summed E-state index contributed by atoms with van der Waals surface area (Å²) in [5.41, 5.74) is 0. The Morgan fingerprint density at radius 2 is 2.11 bits per heavy atom. The first-order valence-electron chi connectivity index (χ1n) is 6.39. The molecule has 2 heterocycles. The van der Waals surface area contributed by atoms with E-state index in [1.807, 2.05) is 7.05 Å². The van der Waals surface area contributed by atoms with Crippen LogP contribution in [0.2, 0.25) is 0 Å². The van der Waals surface area contributed by atoms with E-state index in [9.17, 15) is 8.42 Å². The third-order valence-electron chi connectivity index (χ3n) is 3.63. The maximum absolute atomic E-state index is 12.5. The van der Waals surface area contributed by atoms with E-state index in [0.717, 1.165) is 32.2 Å². The van der Waals surface area contributed by atoms with Gasteiger partial charge in [-0.1, -0.05) is 0 Å². The van der Waals surface area contributed by atoms with Crippen LogP contribution in [0.5, 0.6) is 0 Å². The number of hydrogen-bond donors (Lipinski definition) is 1. The molecule has 2 unspecified atom stereocenters. The average molecular weight is 299 g/mol. The van der Waals surface area contributed by atoms with Gasteiger partial charge < -0.3 is 10.1 Å². The Morgan fingerprint density at radius 3 is 2.72 bits per heavy atom. The minimum Gasteiger partial charge on any atom is -0.380 e. The van der Waals surface area contributed by atoms with Crippen molar-refractivity contribution in [2.24, 2.45) is 0 Å². The van der Waals surface area contributed by atoms with Crippen LogP contribution in [0, 0.1) is 0 Å². The Hall–Kier alpha value is 0.120. The average Bonchev–Trinajstić information content (AvgIpc) is 2.80. The lowest BCUT2D eigenvalue weighted by Crippen LogP contribution is -2.47. The molecule has 2 rings (SSSR count). The Bertz CT molecular complexity index is 344. The maximum Gasteiger partial charge on any atom is 0.219 e. The summed E-state index contributed by atoms with van der Waals surface area (Å²) >= 11 is 0. The van der Waals surface area contributed by atoms with Gasteiger partial charge in [-0.25, -0.2) is 8.42 Å². The van der Waals surface area contributed by atoms with Gasteiger partial charge in [0.1, 0.15) is 0 Å². The van der Waals surface area contributed by atoms with Crippen LogP contribution in [-0.2, 0) is 14.8 Å². The monoisotopic (exact) mass is 298 g/mol. The summed E-state index contributed by atoms with van der Waals surface area (Å²) in [6, 6.07) is 0.131. The topological polar surface area (TPSA) is 58.6 Å². The molecular weight excluding hydrogens is 276 g/mol. The zero-order valence-corrected chi connectivity index (χ0v) is 12.4. The zero-order chi connectivity index (χ0) is 12.3. The van der Waals surface area contributed by atoms with Gasteiger partial charge in [-0.05, 0) is 32.7 Å². The van der Waals surface area contributed by atoms with E-state index in [2.05, 4.69) is 5.32 Å². The summed E-state index contributed by atoms with van der Waals surface area (Å²) < 4.78 is 32.0. The molecule has 7 heteroatoms. The smallest absolute Gasteiger partial charge is 0.219 e. The summed E-state index contributed by atoms with van der Waals surface area (Å²) in [6.45, 7) is 2.48. The Balaban J connectivity index is 0.00000162. The largest absolute Gasteiger partial charge is 0.380 e. The minimum absolute atomic E-state index is 0. The van der Waals surface area contributed by atoms with Crippen LogP contribution in [0.25, 0.3) is 0 Å². The molecule has 0 spiro atoms. The van der Waals surface area contributed by atoms with Gasteiger partial charge in [0.25, 0.3) is 0 Å². The normalized spacial score (nSPS) is 30.1. The van der Waals surface area contributed by atoms with E-state index in [4.69, 9.17) is 4.74 Å². The van der Waals surface area contributed by atoms with Crippen LogP contribution in [0.15, 0.2) is 0 Å². The molecule has 2 saturated heterocycles. The molecule has 0 aromatic rings. The maximum atomic E-state index is 12.5. The fourth-order valence-electron chi connectivity index (χ4n) is 2.72. The second-order valence-corrected chi connectivity index (χ2v) is 7.01. The lowest BCUT2D eigenvalue weighted by atomic mass is 10.2. The Kier molecular flexibility index (Phi) is 6.34. The SMILES string of the molecule is CNCC1CCCN1S(=O)(=O)C1CCCOC1.Cl. The van der Waals surface area contributed by atoms with Crippen molar-refractivity contribution in [2.75, 3.05) is 33.4 Å². The second kappa shape index (κ2) is 7.05. The van der Waals surface area contributed by atoms with Crippen LogP contribution >= 0.6 is 12.4 Å². The number of sulfonamides is 1. The fourth-order valence-corrected chi connectivity index (χ4v) is 4.82. The van der Waals surface area contributed by atoms with E-state index in [1.54, 1.807) is 4.31 Å². The summed E-state index contributed by atoms with van der Waals surface area (Å²) in [6.07, 6.45) is 3.53. The van der Waals surface area contributed by atoms with E-state index in [-0.39, 0.29) is 23.7 Å². The van der Waals surface area contributed by atoms with Gasteiger partial charge in [0.15, 0.2) is 0 Å². The van der Waals surface area contributed by atoms with Crippen molar-refractivity contribution in [1.29, 1.82) is 0 Å². The summed E-state index contributed by atoms with van der Waals surface area (Å²) in [7, 11) is -1.30. The molecule has 0 saturated carbocycles. The highest BCUT2D eigenvalue weighted by molar-refractivity contribution is 7.89. The van der Waals surface area contributed by atoms with Crippen LogP contribution in [0.4, 0.5) is 0 Å². The van der Waals surface area contributed by atoms with Gasteiger partial charge in [0, 0.05) is 25.7 Å². The number of halogens is 1. The highest BCUT2D eigenvalue weighted by atomic mass is 35.5. The molecule has 2 aliphatic heterocycles. The van der Waals surface area contributed by atoms with Gasteiger partial charge in [0.05, 0.1) is 11.9 Å². The summed E-state index contributed by atoms with van der Waals surface area (Å²) in [5.74, 6) is 0. The summed E-state index contributed by atoms with van der Waals surface area (Å²) in [5, 5.41) is 2.75. The third kappa shape index (κ3) is 3.36. The van der Waals surface area contributed by atoms with Crippen molar-refractivity contribution >= 4 is 22.4 Å². The van der Waals surface area contributed by atoms with Crippen molar-refractivity contribution in [1.82, 2.24) is 9.62 Å². The molecule has 0 aliphatic carbocycles. The van der Waals surface area contributed by atoms with Crippen LogP contribution in [-0.4, -0.2) is 57.4 Å². The third-order valence-corrected chi connectivity index (χ3v) is 5.98. The standard InChI is InChI=1S/C11H22N2O3S.ClH/c1-12-8-10-4-2-6-13(10)17(14,15)11-5-3-7-16-9-11;/h10-12H,2-9H2,1H3;1H. The number of hydrogen-bond acceptors (Lipinski definition) is 4. The first-order chi connectivity index (χ1) is 8.16. The van der Waals surface area contributed by atoms with Crippen molar-refractivity contribution in [3.63, 3.8) is 0 Å². The van der Waals surface area contributed by atoms with Crippen molar-refractivity contribution < 1.29 is 13.2 Å². The van der Waals surface area contributed by atoms with Crippen LogP contribution < -0.4 is 5.32 Å². The molecule has 18 heavy (non-hydrogen) atoms. The number of likely N-dealkylation sites (N-methyl/N-ethyl adjacent to an activating group) is 1. The quantitative estimate of drug-likeness (QED) is 0.826. The van der Waals surface area contributed by atoms with E-state index >= 15 is 0 Å². The van der Waals surface area contributed by atoms with E-state index in [0.29, 0.717) is 19.8 Å². The highest BCUT2D eigenvalue weighted by Gasteiger charge is 2.39. The number of nitrogens with zero attached hydrogens (tertiary/aromatic N) is 1. The molecule has 1 N–H and O–H groups in total. The molecule has 2 atom stereocenters. The number of nitrogens with one attached hydrogen (secondary N) is 1. The van der Waals surface area contributed by atoms with Gasteiger partial charge in [-0.3, -0.25) is 0 Å². The van der Waals surface area contributed by atoms with E-state index in [1.165, 1.54) is 0 Å². The highest BCUT2D eigenvalue weighted by Crippen LogP contribution is 2.26. The Labute approximate surface area is 116 Å². The fraction of sp³-hybridized carbons (Fsp3) is 1.00. The molecule has 0 bridgehead atoms. The van der Waals surface area contributed by atoms with Crippen LogP contribution in [0.1, 0.15) is 25.7 Å². The van der Waals surface area contributed by atoms with Crippen molar-refractivity contribution in [2.45, 2.75) is 37.0 Å². The molecule has 2 aliphatic rings. The van der Waals surface area contributed by atoms with Gasteiger partial charge in [0.2, 0.25) is 10.0 Å². The number of rotatable bonds is 4. The first kappa shape index (κ1) is 16.2. The number of ether oxygens (including phenoxy) is 1. The molecule has 5 nitrogen and oxygen atoms in total. The lowest BCUT2D eigenvalue weighted by molar-refractivity contribution is 0.0973. The summed E-state index contributed by atoms with van der Waals surface area (Å²) in [4.78, 5) is 0. The van der Waals surface area contributed by atoms with Crippen LogP contribution in [0.3, 0.4) is 0 Å². The molecule has 2 fully saturated rings. The minimum atomic E-state index is -3.16. The van der Waals surface area contributed by atoms with E-state index < -0.39 is 10.0 Å². The molecule has 0 amide bonds. The second-order valence-electron chi connectivity index (χ2n) is 4.85. The predicted molar refractivity (Wildman–Crippen MR) is 73.7 cm³/mol. The molecular formula is C11H23ClN2O3S. The molecule has 0 radical (unpaired) electrons. The van der Waals surface area contributed by atoms with Crippen molar-refractivity contribution in [3.05, 3.63) is 0 Å². The molecule has 108 valence electrons. The predicted octanol–water partition coefficient (Wildman–Crippen LogP) is 0.601. The van der Waals surface area contributed by atoms with Gasteiger partial charge >= 0.3 is 0 Å². The van der Waals surface area contributed by atoms with Gasteiger partial charge in [-0.15, -0.1) is 12.4 Å². The Morgan fingerprint density at radius 1 is 1.33 bits per heavy atom.